The Hall–Kier alpha value is -3.28. The Labute approximate surface area is 190 Å². The zero-order valence-corrected chi connectivity index (χ0v) is 20.1. The summed E-state index contributed by atoms with van der Waals surface area (Å²) in [6, 6.07) is 13.1. The standard InChI is InChI=1S/2C8H4O3.C6H14.2C2H6/c2*9-7-5-3-1-2-4-6(5)8(10)11-7;1-4-5-6(2)3;2*1-2/h2*1-4H;6H,4-5H2,1-3H3;2*1-2H3. The highest BCUT2D eigenvalue weighted by Gasteiger charge is 2.29. The zero-order valence-electron chi connectivity index (χ0n) is 20.1. The van der Waals surface area contributed by atoms with E-state index in [9.17, 15) is 19.2 Å². The molecule has 32 heavy (non-hydrogen) atoms. The van der Waals surface area contributed by atoms with Crippen LogP contribution in [0.3, 0.4) is 0 Å². The number of carbonyl (C=O) groups is 4. The van der Waals surface area contributed by atoms with Crippen molar-refractivity contribution in [2.24, 2.45) is 5.92 Å². The Morgan fingerprint density at radius 1 is 0.594 bits per heavy atom. The van der Waals surface area contributed by atoms with Crippen LogP contribution in [0.5, 0.6) is 0 Å². The Morgan fingerprint density at radius 2 is 0.844 bits per heavy atom. The lowest BCUT2D eigenvalue weighted by Gasteiger charge is -1.95. The third kappa shape index (κ3) is 8.46. The maximum atomic E-state index is 10.8. The smallest absolute Gasteiger partial charge is 0.346 e. The van der Waals surface area contributed by atoms with E-state index in [0.717, 1.165) is 5.92 Å². The first kappa shape index (κ1) is 28.7. The highest BCUT2D eigenvalue weighted by molar-refractivity contribution is 6.15. The average molecular weight is 443 g/mol. The van der Waals surface area contributed by atoms with Crippen molar-refractivity contribution in [1.29, 1.82) is 0 Å². The largest absolute Gasteiger partial charge is 0.386 e. The molecule has 2 heterocycles. The number of hydrogen-bond acceptors (Lipinski definition) is 6. The topological polar surface area (TPSA) is 86.7 Å². The molecule has 4 rings (SSSR count). The van der Waals surface area contributed by atoms with Crippen molar-refractivity contribution >= 4 is 23.9 Å². The zero-order chi connectivity index (χ0) is 24.7. The SMILES string of the molecule is CC.CC.CCCC(C)C.O=C1OC(=O)c2ccccc21.O=C1OC(=O)c2ccccc21. The number of rotatable bonds is 2. The highest BCUT2D eigenvalue weighted by atomic mass is 16.6. The van der Waals surface area contributed by atoms with Crippen LogP contribution in [-0.2, 0) is 9.47 Å². The molecule has 6 heteroatoms. The summed E-state index contributed by atoms with van der Waals surface area (Å²) in [7, 11) is 0. The Morgan fingerprint density at radius 3 is 1.00 bits per heavy atom. The number of cyclic esters (lactones) is 4. The Kier molecular flexibility index (Phi) is 13.9. The van der Waals surface area contributed by atoms with Gasteiger partial charge in [-0.25, -0.2) is 19.2 Å². The number of esters is 4. The van der Waals surface area contributed by atoms with Gasteiger partial charge in [-0.1, -0.05) is 85.6 Å². The molecule has 0 fully saturated rings. The number of ether oxygens (including phenoxy) is 2. The van der Waals surface area contributed by atoms with Gasteiger partial charge in [-0.05, 0) is 30.2 Å². The van der Waals surface area contributed by atoms with Gasteiger partial charge < -0.3 is 9.47 Å². The third-order valence-electron chi connectivity index (χ3n) is 3.97. The van der Waals surface area contributed by atoms with E-state index in [4.69, 9.17) is 0 Å². The number of carbonyl (C=O) groups excluding carboxylic acids is 4. The van der Waals surface area contributed by atoms with Gasteiger partial charge in [0.2, 0.25) is 0 Å². The quantitative estimate of drug-likeness (QED) is 0.390. The minimum absolute atomic E-state index is 0.359. The molecule has 2 aromatic rings. The fraction of sp³-hybridized carbons (Fsp3) is 0.385. The molecule has 2 aliphatic heterocycles. The lowest BCUT2D eigenvalue weighted by atomic mass is 10.1. The van der Waals surface area contributed by atoms with E-state index in [1.165, 1.54) is 12.8 Å². The summed E-state index contributed by atoms with van der Waals surface area (Å²) in [6.45, 7) is 14.7. The molecule has 0 saturated heterocycles. The molecule has 0 bridgehead atoms. The summed E-state index contributed by atoms with van der Waals surface area (Å²) in [5.74, 6) is -1.30. The summed E-state index contributed by atoms with van der Waals surface area (Å²) in [4.78, 5) is 43.3. The summed E-state index contributed by atoms with van der Waals surface area (Å²) in [6.07, 6.45) is 2.71. The predicted molar refractivity (Wildman–Crippen MR) is 125 cm³/mol. The molecule has 0 aromatic heterocycles. The first-order chi connectivity index (χ1) is 15.3. The van der Waals surface area contributed by atoms with Gasteiger partial charge in [0.05, 0.1) is 22.3 Å². The van der Waals surface area contributed by atoms with E-state index in [1.807, 2.05) is 27.7 Å². The van der Waals surface area contributed by atoms with Gasteiger partial charge in [-0.2, -0.15) is 0 Å². The van der Waals surface area contributed by atoms with Crippen molar-refractivity contribution in [3.05, 3.63) is 70.8 Å². The molecule has 0 amide bonds. The van der Waals surface area contributed by atoms with Gasteiger partial charge in [0, 0.05) is 0 Å². The molecule has 0 N–H and O–H groups in total. The number of benzene rings is 2. The van der Waals surface area contributed by atoms with Crippen LogP contribution in [0, 0.1) is 5.92 Å². The molecular formula is C26H34O6. The van der Waals surface area contributed by atoms with E-state index in [2.05, 4.69) is 30.2 Å². The van der Waals surface area contributed by atoms with Crippen molar-refractivity contribution in [2.75, 3.05) is 0 Å². The van der Waals surface area contributed by atoms with Crippen LogP contribution in [0.1, 0.15) is 103 Å². The lowest BCUT2D eigenvalue weighted by molar-refractivity contribution is 0.0425. The van der Waals surface area contributed by atoms with Crippen LogP contribution in [0.15, 0.2) is 48.5 Å². The average Bonchev–Trinajstić information content (AvgIpc) is 3.27. The van der Waals surface area contributed by atoms with E-state index >= 15 is 0 Å². The molecular weight excluding hydrogens is 408 g/mol. The predicted octanol–water partition coefficient (Wildman–Crippen LogP) is 6.49. The van der Waals surface area contributed by atoms with E-state index < -0.39 is 23.9 Å². The Balaban J connectivity index is 0.000000435. The lowest BCUT2D eigenvalue weighted by Crippen LogP contribution is -1.96. The van der Waals surface area contributed by atoms with Crippen molar-refractivity contribution < 1.29 is 28.7 Å². The summed E-state index contributed by atoms with van der Waals surface area (Å²) in [5, 5.41) is 0. The first-order valence-electron chi connectivity index (χ1n) is 11.1. The maximum Gasteiger partial charge on any atom is 0.346 e. The van der Waals surface area contributed by atoms with Crippen LogP contribution in [0.25, 0.3) is 0 Å². The minimum atomic E-state index is -0.550. The number of fused-ring (bicyclic) bond motifs is 2. The van der Waals surface area contributed by atoms with Crippen LogP contribution in [0.4, 0.5) is 0 Å². The third-order valence-corrected chi connectivity index (χ3v) is 3.97. The van der Waals surface area contributed by atoms with E-state index in [0.29, 0.717) is 22.3 Å². The molecule has 2 aliphatic rings. The van der Waals surface area contributed by atoms with Crippen LogP contribution >= 0.6 is 0 Å². The van der Waals surface area contributed by atoms with E-state index in [-0.39, 0.29) is 0 Å². The molecule has 0 saturated carbocycles. The van der Waals surface area contributed by atoms with Gasteiger partial charge in [0.25, 0.3) is 0 Å². The molecule has 174 valence electrons. The van der Waals surface area contributed by atoms with Crippen LogP contribution in [-0.4, -0.2) is 23.9 Å². The summed E-state index contributed by atoms with van der Waals surface area (Å²) in [5.41, 5.74) is 1.44. The van der Waals surface area contributed by atoms with Gasteiger partial charge in [-0.3, -0.25) is 0 Å². The monoisotopic (exact) mass is 442 g/mol. The van der Waals surface area contributed by atoms with Crippen LogP contribution < -0.4 is 0 Å². The summed E-state index contributed by atoms with van der Waals surface area (Å²) < 4.78 is 8.71. The van der Waals surface area contributed by atoms with Crippen molar-refractivity contribution in [2.45, 2.75) is 61.3 Å². The van der Waals surface area contributed by atoms with Crippen molar-refractivity contribution in [3.8, 4) is 0 Å². The maximum absolute atomic E-state index is 10.8. The second-order valence-corrected chi connectivity index (χ2v) is 6.63. The molecule has 0 spiro atoms. The highest BCUT2D eigenvalue weighted by Crippen LogP contribution is 2.19. The fourth-order valence-electron chi connectivity index (χ4n) is 2.64. The van der Waals surface area contributed by atoms with Crippen molar-refractivity contribution in [3.63, 3.8) is 0 Å². The van der Waals surface area contributed by atoms with Gasteiger partial charge >= 0.3 is 23.9 Å². The molecule has 0 radical (unpaired) electrons. The molecule has 0 unspecified atom stereocenters. The molecule has 0 atom stereocenters. The first-order valence-corrected chi connectivity index (χ1v) is 11.1. The second-order valence-electron chi connectivity index (χ2n) is 6.63. The summed E-state index contributed by atoms with van der Waals surface area (Å²) >= 11 is 0. The van der Waals surface area contributed by atoms with Gasteiger partial charge in [-0.15, -0.1) is 0 Å². The van der Waals surface area contributed by atoms with Crippen LogP contribution in [0.2, 0.25) is 0 Å². The number of hydrogen-bond donors (Lipinski definition) is 0. The fourth-order valence-corrected chi connectivity index (χ4v) is 2.64. The van der Waals surface area contributed by atoms with E-state index in [1.54, 1.807) is 48.5 Å². The molecule has 0 aliphatic carbocycles. The van der Waals surface area contributed by atoms with Gasteiger partial charge in [0.15, 0.2) is 0 Å². The Bertz CT molecular complexity index is 763. The minimum Gasteiger partial charge on any atom is -0.386 e. The van der Waals surface area contributed by atoms with Crippen molar-refractivity contribution in [1.82, 2.24) is 0 Å². The molecule has 6 nitrogen and oxygen atoms in total. The normalized spacial score (nSPS) is 12.2. The second kappa shape index (κ2) is 15.5. The molecule has 2 aromatic carbocycles. The van der Waals surface area contributed by atoms with Gasteiger partial charge in [0.1, 0.15) is 0 Å².